The van der Waals surface area contributed by atoms with E-state index >= 15 is 0 Å². The summed E-state index contributed by atoms with van der Waals surface area (Å²) < 4.78 is 1.19. The minimum Gasteiger partial charge on any atom is -0.354 e. The van der Waals surface area contributed by atoms with Crippen LogP contribution in [-0.2, 0) is 0 Å². The number of nitrogens with one attached hydrogen (secondary N) is 2. The van der Waals surface area contributed by atoms with Crippen LogP contribution in [0.3, 0.4) is 0 Å². The van der Waals surface area contributed by atoms with Gasteiger partial charge in [0.15, 0.2) is 0 Å². The van der Waals surface area contributed by atoms with E-state index in [-0.39, 0.29) is 0 Å². The van der Waals surface area contributed by atoms with Crippen LogP contribution in [0.5, 0.6) is 0 Å². The fraction of sp³-hybridized carbons (Fsp3) is 0.137. The number of hydrogen-bond acceptors (Lipinski definition) is 2. The molecule has 0 aliphatic carbocycles. The number of aromatic amines is 2. The molecule has 3 aromatic heterocycles. The predicted molar refractivity (Wildman–Crippen MR) is 246 cm³/mol. The Morgan fingerprint density at radius 1 is 0.357 bits per heavy atom. The Morgan fingerprint density at radius 2 is 0.679 bits per heavy atom. The fourth-order valence-electron chi connectivity index (χ4n) is 8.82. The van der Waals surface area contributed by atoms with Gasteiger partial charge in [-0.15, -0.1) is 0 Å². The first-order valence-corrected chi connectivity index (χ1v) is 20.3. The minimum atomic E-state index is 0.915. The van der Waals surface area contributed by atoms with Crippen LogP contribution in [0.25, 0.3) is 90.9 Å². The van der Waals surface area contributed by atoms with E-state index in [4.69, 9.17) is 9.97 Å². The van der Waals surface area contributed by atoms with Gasteiger partial charge in [0.25, 0.3) is 0 Å². The van der Waals surface area contributed by atoms with Crippen molar-refractivity contribution in [3.05, 3.63) is 162 Å². The molecule has 5 heteroatoms. The number of hydrogen-bond donors (Lipinski definition) is 2. The average Bonchev–Trinajstić information content (AvgIpc) is 3.99. The zero-order chi connectivity index (χ0) is 38.8. The van der Waals surface area contributed by atoms with Gasteiger partial charge in [0.1, 0.15) is 0 Å². The molecular weight excluding hydrogens is 795 g/mol. The van der Waals surface area contributed by atoms with Gasteiger partial charge in [0, 0.05) is 47.9 Å². The van der Waals surface area contributed by atoms with Crippen LogP contribution in [0.1, 0.15) is 61.7 Å². The van der Waals surface area contributed by atoms with E-state index < -0.39 is 0 Å². The molecule has 5 heterocycles. The highest BCUT2D eigenvalue weighted by atomic mass is 127. The molecule has 9 rings (SSSR count). The van der Waals surface area contributed by atoms with Crippen molar-refractivity contribution < 1.29 is 0 Å². The van der Waals surface area contributed by atoms with Gasteiger partial charge < -0.3 is 9.97 Å². The van der Waals surface area contributed by atoms with Crippen molar-refractivity contribution in [2.75, 3.05) is 0 Å². The summed E-state index contributed by atoms with van der Waals surface area (Å²) in [6.07, 6.45) is 8.73. The monoisotopic (exact) mass is 838 g/mol. The maximum Gasteiger partial charge on any atom is 0.0737 e. The summed E-state index contributed by atoms with van der Waals surface area (Å²) >= 11 is 2.38. The van der Waals surface area contributed by atoms with Crippen LogP contribution in [0.2, 0.25) is 0 Å². The van der Waals surface area contributed by atoms with Crippen LogP contribution < -0.4 is 0 Å². The molecule has 56 heavy (non-hydrogen) atoms. The van der Waals surface area contributed by atoms with Gasteiger partial charge in [-0.2, -0.15) is 0 Å². The van der Waals surface area contributed by atoms with Crippen molar-refractivity contribution >= 4 is 69.0 Å². The average molecular weight is 839 g/mol. The number of halogens is 1. The Labute approximate surface area is 342 Å². The van der Waals surface area contributed by atoms with E-state index in [0.717, 1.165) is 78.2 Å². The standard InChI is InChI=1S/C51H43IN4/c1-28-8-10-35(11-9-28)48-38-16-20-42(53-38)50(46-31(4)24-29(2)25-32(46)5)44-22-18-40(55-44)49(36-12-14-37(52)15-13-36)41-19-23-45(56-41)51(43-21-17-39(48)54-43)47-33(6)26-30(3)27-34(47)7/h8-27,53,56H,1-7H3. The maximum atomic E-state index is 5.52. The Morgan fingerprint density at radius 3 is 1.05 bits per heavy atom. The smallest absolute Gasteiger partial charge is 0.0737 e. The summed E-state index contributed by atoms with van der Waals surface area (Å²) in [5, 5.41) is 0. The Bertz CT molecular complexity index is 2720. The summed E-state index contributed by atoms with van der Waals surface area (Å²) in [7, 11) is 0. The number of nitrogens with zero attached hydrogens (tertiary/aromatic N) is 2. The molecule has 2 aliphatic rings. The Kier molecular flexibility index (Phi) is 9.01. The lowest BCUT2D eigenvalue weighted by molar-refractivity contribution is 1.28. The zero-order valence-electron chi connectivity index (χ0n) is 32.8. The maximum absolute atomic E-state index is 5.52. The lowest BCUT2D eigenvalue weighted by Crippen LogP contribution is -1.95. The summed E-state index contributed by atoms with van der Waals surface area (Å²) in [4.78, 5) is 18.9. The third-order valence-electron chi connectivity index (χ3n) is 11.1. The molecule has 0 unspecified atom stereocenters. The van der Waals surface area contributed by atoms with Gasteiger partial charge >= 0.3 is 0 Å². The van der Waals surface area contributed by atoms with Crippen LogP contribution >= 0.6 is 22.6 Å². The lowest BCUT2D eigenvalue weighted by Gasteiger charge is -2.13. The molecule has 4 nitrogen and oxygen atoms in total. The zero-order valence-corrected chi connectivity index (χ0v) is 35.0. The molecule has 0 amide bonds. The molecule has 0 saturated heterocycles. The van der Waals surface area contributed by atoms with E-state index in [0.29, 0.717) is 0 Å². The highest BCUT2D eigenvalue weighted by Crippen LogP contribution is 2.41. The van der Waals surface area contributed by atoms with Crippen molar-refractivity contribution in [3.63, 3.8) is 0 Å². The molecule has 274 valence electrons. The van der Waals surface area contributed by atoms with Crippen LogP contribution in [-0.4, -0.2) is 19.9 Å². The largest absolute Gasteiger partial charge is 0.354 e. The molecule has 0 atom stereocenters. The van der Waals surface area contributed by atoms with Gasteiger partial charge in [-0.1, -0.05) is 77.4 Å². The van der Waals surface area contributed by atoms with Gasteiger partial charge in [-0.3, -0.25) is 0 Å². The Hall–Kier alpha value is -5.79. The van der Waals surface area contributed by atoms with Gasteiger partial charge in [0.05, 0.1) is 22.8 Å². The van der Waals surface area contributed by atoms with Crippen molar-refractivity contribution in [1.29, 1.82) is 0 Å². The second kappa shape index (κ2) is 14.1. The third-order valence-corrected chi connectivity index (χ3v) is 11.8. The van der Waals surface area contributed by atoms with E-state index in [1.165, 1.54) is 53.6 Å². The second-order valence-corrected chi connectivity index (χ2v) is 16.7. The van der Waals surface area contributed by atoms with Gasteiger partial charge in [-0.05, 0) is 176 Å². The summed E-state index contributed by atoms with van der Waals surface area (Å²) in [5.41, 5.74) is 25.2. The van der Waals surface area contributed by atoms with Crippen molar-refractivity contribution in [3.8, 4) is 44.5 Å². The first-order valence-electron chi connectivity index (χ1n) is 19.2. The van der Waals surface area contributed by atoms with E-state index in [1.807, 2.05) is 0 Å². The fourth-order valence-corrected chi connectivity index (χ4v) is 9.18. The third kappa shape index (κ3) is 6.34. The number of rotatable bonds is 4. The lowest BCUT2D eigenvalue weighted by atomic mass is 9.92. The molecule has 0 radical (unpaired) electrons. The van der Waals surface area contributed by atoms with Crippen molar-refractivity contribution in [2.24, 2.45) is 0 Å². The highest BCUT2D eigenvalue weighted by Gasteiger charge is 2.21. The Balaban J connectivity index is 1.50. The minimum absolute atomic E-state index is 0.915. The number of aromatic nitrogens is 4. The summed E-state index contributed by atoms with van der Waals surface area (Å²) in [6, 6.07) is 35.5. The molecule has 0 spiro atoms. The topological polar surface area (TPSA) is 57.4 Å². The van der Waals surface area contributed by atoms with Crippen molar-refractivity contribution in [1.82, 2.24) is 19.9 Å². The highest BCUT2D eigenvalue weighted by molar-refractivity contribution is 14.1. The number of H-pyrrole nitrogens is 2. The molecule has 8 bridgehead atoms. The van der Waals surface area contributed by atoms with Crippen molar-refractivity contribution in [2.45, 2.75) is 48.5 Å². The number of aryl methyl sites for hydroxylation is 7. The van der Waals surface area contributed by atoms with E-state index in [1.54, 1.807) is 0 Å². The molecule has 0 saturated carbocycles. The van der Waals surface area contributed by atoms with Gasteiger partial charge in [-0.25, -0.2) is 9.97 Å². The van der Waals surface area contributed by atoms with Crippen LogP contribution in [0.4, 0.5) is 0 Å². The van der Waals surface area contributed by atoms with Gasteiger partial charge in [0.2, 0.25) is 0 Å². The van der Waals surface area contributed by atoms with E-state index in [2.05, 4.69) is 202 Å². The number of benzene rings is 4. The summed E-state index contributed by atoms with van der Waals surface area (Å²) in [5.74, 6) is 0. The first kappa shape index (κ1) is 35.9. The molecule has 0 fully saturated rings. The van der Waals surface area contributed by atoms with E-state index in [9.17, 15) is 0 Å². The van der Waals surface area contributed by atoms with Crippen LogP contribution in [0, 0.1) is 52.0 Å². The quantitative estimate of drug-likeness (QED) is 0.174. The molecule has 4 aromatic carbocycles. The molecular formula is C51H43IN4. The molecule has 2 aliphatic heterocycles. The second-order valence-electron chi connectivity index (χ2n) is 15.4. The predicted octanol–water partition coefficient (Wildman–Crippen LogP) is 14.1. The normalized spacial score (nSPS) is 12.1. The molecule has 2 N–H and O–H groups in total. The summed E-state index contributed by atoms with van der Waals surface area (Å²) in [6.45, 7) is 15.3. The molecule has 7 aromatic rings. The first-order chi connectivity index (χ1) is 27.0. The van der Waals surface area contributed by atoms with Crippen LogP contribution in [0.15, 0.2) is 97.1 Å². The SMILES string of the molecule is Cc1ccc(-c2c3nc(c(-c4c(C)cc(C)cc4C)c4ccc([nH]4)c(-c4ccc(I)cc4)c4nc(c(-c5c(C)cc(C)cc5C)c5ccc2[nH]5)C=C4)C=C3)cc1. The number of fused-ring (bicyclic) bond motifs is 8.